The Balaban J connectivity index is 1.88. The van der Waals surface area contributed by atoms with Gasteiger partial charge in [0.25, 0.3) is 0 Å². The highest BCUT2D eigenvalue weighted by Gasteiger charge is 2.29. The lowest BCUT2D eigenvalue weighted by atomic mass is 10.3. The largest absolute Gasteiger partial charge is 0.369 e. The van der Waals surface area contributed by atoms with Crippen molar-refractivity contribution in [2.45, 2.75) is 9.79 Å². The molecule has 10 N–H and O–H groups in total. The molecule has 0 atom stereocenters. The molecule has 1 aromatic heterocycles. The fourth-order valence-corrected chi connectivity index (χ4v) is 6.63. The van der Waals surface area contributed by atoms with Gasteiger partial charge in [-0.25, -0.2) is 16.8 Å². The molecule has 1 heterocycles. The number of aromatic nitrogens is 3. The second-order valence-corrected chi connectivity index (χ2v) is 13.2. The van der Waals surface area contributed by atoms with Crippen LogP contribution < -0.4 is 33.6 Å². The Bertz CT molecular complexity index is 1700. The quantitative estimate of drug-likeness (QED) is 0.0946. The second kappa shape index (κ2) is 14.2. The molecule has 0 spiro atoms. The van der Waals surface area contributed by atoms with Crippen LogP contribution >= 0.6 is 11.6 Å². The Morgan fingerprint density at radius 3 is 1.27 bits per heavy atom. The van der Waals surface area contributed by atoms with E-state index in [1.165, 1.54) is 36.4 Å². The van der Waals surface area contributed by atoms with Crippen molar-refractivity contribution < 1.29 is 36.0 Å². The van der Waals surface area contributed by atoms with E-state index < -0.39 is 69.9 Å². The number of primary amides is 4. The summed E-state index contributed by atoms with van der Waals surface area (Å²) in [7, 11) is -8.81. The number of nitrogens with zero attached hydrogens (tertiary/aromatic N) is 5. The molecule has 0 unspecified atom stereocenters. The van der Waals surface area contributed by atoms with E-state index >= 15 is 0 Å². The van der Waals surface area contributed by atoms with Crippen LogP contribution in [0.25, 0.3) is 0 Å². The zero-order chi connectivity index (χ0) is 33.5. The molecule has 2 aromatic carbocycles. The molecule has 0 radical (unpaired) electrons. The summed E-state index contributed by atoms with van der Waals surface area (Å²) in [5.41, 5.74) is 20.8. The third kappa shape index (κ3) is 9.51. The number of nitrogens with one attached hydrogen (secondary N) is 2. The first-order valence-electron chi connectivity index (χ1n) is 12.3. The van der Waals surface area contributed by atoms with Crippen molar-refractivity contribution in [3.8, 4) is 0 Å². The molecule has 0 aliphatic heterocycles. The number of carbonyl (C=O) groups is 4. The average molecular weight is 684 g/mol. The highest BCUT2D eigenvalue weighted by Crippen LogP contribution is 2.25. The van der Waals surface area contributed by atoms with Crippen LogP contribution in [0.4, 0.5) is 23.3 Å². The molecule has 45 heavy (non-hydrogen) atoms. The van der Waals surface area contributed by atoms with Gasteiger partial charge in [-0.3, -0.25) is 19.2 Å². The van der Waals surface area contributed by atoms with Gasteiger partial charge in [0.15, 0.2) is 0 Å². The Morgan fingerprint density at radius 1 is 0.622 bits per heavy atom. The summed E-state index contributed by atoms with van der Waals surface area (Å²) in [4.78, 5) is 56.9. The van der Waals surface area contributed by atoms with Crippen molar-refractivity contribution in [2.75, 3.05) is 36.8 Å². The van der Waals surface area contributed by atoms with E-state index in [1.54, 1.807) is 0 Å². The number of anilines is 4. The third-order valence-corrected chi connectivity index (χ3v) is 9.14. The van der Waals surface area contributed by atoms with Gasteiger partial charge in [0.1, 0.15) is 0 Å². The fourth-order valence-electron chi connectivity index (χ4n) is 3.63. The van der Waals surface area contributed by atoms with Crippen molar-refractivity contribution in [3.05, 3.63) is 53.8 Å². The van der Waals surface area contributed by atoms with Crippen molar-refractivity contribution in [1.82, 2.24) is 23.6 Å². The molecular formula is C23H26ClN11O8S2. The maximum absolute atomic E-state index is 13.1. The van der Waals surface area contributed by atoms with Gasteiger partial charge in [-0.05, 0) is 48.0 Å². The lowest BCUT2D eigenvalue weighted by molar-refractivity contribution is -0.121. The van der Waals surface area contributed by atoms with Crippen LogP contribution in [0.1, 0.15) is 0 Å². The SMILES string of the molecule is NC(=O)CN(CC(N)=O)S(=O)(=O)c1cccc(Nc2nc(Cl)nc(Nc3cccc(S(=O)(=O)N(CC(N)=O)CC(N)=O)c3)n2)c1. The number of amides is 4. The number of hydrogen-bond acceptors (Lipinski definition) is 13. The van der Waals surface area contributed by atoms with E-state index in [2.05, 4.69) is 25.6 Å². The van der Waals surface area contributed by atoms with Gasteiger partial charge in [-0.2, -0.15) is 23.6 Å². The number of carbonyl (C=O) groups excluding carboxylic acids is 4. The second-order valence-electron chi connectivity index (χ2n) is 8.97. The number of benzene rings is 2. The zero-order valence-corrected chi connectivity index (χ0v) is 25.3. The Hall–Kier alpha value is -4.96. The van der Waals surface area contributed by atoms with E-state index in [4.69, 9.17) is 34.5 Å². The first kappa shape index (κ1) is 34.5. The van der Waals surface area contributed by atoms with E-state index in [9.17, 15) is 36.0 Å². The number of nitrogens with two attached hydrogens (primary N) is 4. The Kier molecular flexibility index (Phi) is 10.9. The number of sulfonamides is 2. The van der Waals surface area contributed by atoms with Gasteiger partial charge in [0, 0.05) is 11.4 Å². The van der Waals surface area contributed by atoms with Crippen LogP contribution in [-0.2, 0) is 39.2 Å². The molecule has 0 bridgehead atoms. The molecule has 3 aromatic rings. The van der Waals surface area contributed by atoms with Crippen LogP contribution in [0.15, 0.2) is 58.3 Å². The lowest BCUT2D eigenvalue weighted by Crippen LogP contribution is -2.43. The minimum atomic E-state index is -4.40. The van der Waals surface area contributed by atoms with Crippen LogP contribution in [0, 0.1) is 0 Å². The minimum Gasteiger partial charge on any atom is -0.369 e. The molecule has 0 aliphatic carbocycles. The normalized spacial score (nSPS) is 11.7. The van der Waals surface area contributed by atoms with Gasteiger partial charge in [-0.15, -0.1) is 0 Å². The maximum Gasteiger partial charge on any atom is 0.244 e. The highest BCUT2D eigenvalue weighted by molar-refractivity contribution is 7.89. The summed E-state index contributed by atoms with van der Waals surface area (Å²) < 4.78 is 53.4. The minimum absolute atomic E-state index is 0.138. The first-order valence-corrected chi connectivity index (χ1v) is 15.5. The Morgan fingerprint density at radius 2 is 0.956 bits per heavy atom. The van der Waals surface area contributed by atoms with Gasteiger partial charge < -0.3 is 33.6 Å². The summed E-state index contributed by atoms with van der Waals surface area (Å²) in [6, 6.07) is 10.4. The molecule has 240 valence electrons. The predicted octanol–water partition coefficient (Wildman–Crippen LogP) is -2.07. The number of halogens is 1. The average Bonchev–Trinajstić information content (AvgIpc) is 2.91. The fraction of sp³-hybridized carbons (Fsp3) is 0.174. The molecule has 0 fully saturated rings. The van der Waals surface area contributed by atoms with E-state index in [-0.39, 0.29) is 38.3 Å². The van der Waals surface area contributed by atoms with Crippen molar-refractivity contribution >= 4 is 78.5 Å². The third-order valence-electron chi connectivity index (χ3n) is 5.39. The van der Waals surface area contributed by atoms with E-state index in [0.717, 1.165) is 12.1 Å². The van der Waals surface area contributed by atoms with Crippen molar-refractivity contribution in [2.24, 2.45) is 22.9 Å². The van der Waals surface area contributed by atoms with Crippen LogP contribution in [0.3, 0.4) is 0 Å². The highest BCUT2D eigenvalue weighted by atomic mass is 35.5. The topological polar surface area (TPSA) is 310 Å². The summed E-state index contributed by atoms with van der Waals surface area (Å²) >= 11 is 6.04. The monoisotopic (exact) mass is 683 g/mol. The molecular weight excluding hydrogens is 658 g/mol. The van der Waals surface area contributed by atoms with Gasteiger partial charge in [0.2, 0.25) is 60.9 Å². The maximum atomic E-state index is 13.1. The summed E-state index contributed by atoms with van der Waals surface area (Å²) in [6.07, 6.45) is 0. The Labute approximate surface area is 261 Å². The zero-order valence-electron chi connectivity index (χ0n) is 23.0. The molecule has 0 saturated carbocycles. The summed E-state index contributed by atoms with van der Waals surface area (Å²) in [5.74, 6) is -4.37. The van der Waals surface area contributed by atoms with Crippen molar-refractivity contribution in [1.29, 1.82) is 0 Å². The van der Waals surface area contributed by atoms with E-state index in [1.807, 2.05) is 0 Å². The summed E-state index contributed by atoms with van der Waals surface area (Å²) in [6.45, 7) is -3.18. The van der Waals surface area contributed by atoms with Crippen molar-refractivity contribution in [3.63, 3.8) is 0 Å². The smallest absolute Gasteiger partial charge is 0.244 e. The number of rotatable bonds is 16. The van der Waals surface area contributed by atoms with Crippen LogP contribution in [0.5, 0.6) is 0 Å². The number of hydrogen-bond donors (Lipinski definition) is 6. The molecule has 4 amide bonds. The lowest BCUT2D eigenvalue weighted by Gasteiger charge is -2.19. The summed E-state index contributed by atoms with van der Waals surface area (Å²) in [5, 5.41) is 5.18. The molecule has 0 saturated heterocycles. The molecule has 0 aliphatic rings. The van der Waals surface area contributed by atoms with Gasteiger partial charge in [0.05, 0.1) is 36.0 Å². The molecule has 3 rings (SSSR count). The van der Waals surface area contributed by atoms with Gasteiger partial charge >= 0.3 is 0 Å². The standard InChI is InChI=1S/C23H26ClN11O8S2/c24-21-31-22(29-13-3-1-5-15(7-13)44(40,41)34(9-17(25)36)10-18(26)37)33-23(32-21)30-14-4-2-6-16(8-14)45(42,43)35(11-19(27)38)12-20(28)39/h1-8H,9-12H2,(H2,25,36)(H2,26,37)(H2,27,38)(H2,28,39)(H2,29,30,31,32,33). The predicted molar refractivity (Wildman–Crippen MR) is 159 cm³/mol. The van der Waals surface area contributed by atoms with Crippen LogP contribution in [0.2, 0.25) is 5.28 Å². The van der Waals surface area contributed by atoms with E-state index in [0.29, 0.717) is 8.61 Å². The molecule has 19 nitrogen and oxygen atoms in total. The molecule has 22 heteroatoms. The van der Waals surface area contributed by atoms with Gasteiger partial charge in [-0.1, -0.05) is 12.1 Å². The first-order chi connectivity index (χ1) is 21.0. The van der Waals surface area contributed by atoms with Crippen LogP contribution in [-0.4, -0.2) is 90.2 Å².